The van der Waals surface area contributed by atoms with E-state index in [0.717, 1.165) is 63.2 Å². The van der Waals surface area contributed by atoms with Gasteiger partial charge in [-0.15, -0.1) is 34.2 Å². The van der Waals surface area contributed by atoms with E-state index in [-0.39, 0.29) is 24.0 Å². The van der Waals surface area contributed by atoms with E-state index in [4.69, 9.17) is 4.99 Å². The predicted octanol–water partition coefficient (Wildman–Crippen LogP) is 2.99. The third-order valence-corrected chi connectivity index (χ3v) is 5.96. The Bertz CT molecular complexity index is 820. The summed E-state index contributed by atoms with van der Waals surface area (Å²) in [5.41, 5.74) is 1.31. The van der Waals surface area contributed by atoms with Gasteiger partial charge in [-0.3, -0.25) is 4.99 Å². The van der Waals surface area contributed by atoms with E-state index >= 15 is 0 Å². The fraction of sp³-hybridized carbons (Fsp3) is 0.591. The molecule has 0 spiro atoms. The van der Waals surface area contributed by atoms with Crippen LogP contribution in [0.3, 0.4) is 0 Å². The zero-order valence-corrected chi connectivity index (χ0v) is 20.4. The second kappa shape index (κ2) is 11.0. The van der Waals surface area contributed by atoms with Crippen LogP contribution < -0.4 is 15.5 Å². The average molecular weight is 523 g/mol. The van der Waals surface area contributed by atoms with E-state index in [1.54, 1.807) is 0 Å². The number of halogens is 1. The molecule has 0 radical (unpaired) electrons. The summed E-state index contributed by atoms with van der Waals surface area (Å²) in [4.78, 5) is 7.41. The molecule has 2 aromatic rings. The van der Waals surface area contributed by atoms with Gasteiger partial charge >= 0.3 is 0 Å². The van der Waals surface area contributed by atoms with E-state index in [9.17, 15) is 0 Å². The molecular formula is C22H34IN7. The number of aromatic nitrogens is 3. The monoisotopic (exact) mass is 523 g/mol. The number of anilines is 1. The van der Waals surface area contributed by atoms with Crippen molar-refractivity contribution in [2.45, 2.75) is 52.1 Å². The highest BCUT2D eigenvalue weighted by Gasteiger charge is 2.23. The number of hydrogen-bond donors (Lipinski definition) is 2. The fourth-order valence-electron chi connectivity index (χ4n) is 4.38. The number of aryl methyl sites for hydroxylation is 2. The summed E-state index contributed by atoms with van der Waals surface area (Å²) in [7, 11) is 0. The predicted molar refractivity (Wildman–Crippen MR) is 133 cm³/mol. The number of nitrogens with one attached hydrogen (secondary N) is 2. The van der Waals surface area contributed by atoms with Gasteiger partial charge in [0.1, 0.15) is 11.6 Å². The van der Waals surface area contributed by atoms with Gasteiger partial charge in [0.15, 0.2) is 5.96 Å². The standard InChI is InChI=1S/C22H33N7.HI/c1-3-23-22(24-14-18-11-12-21-27-26-17(2)29(21)15-18)25-19-8-7-13-28(16-19)20-9-5-4-6-10-20;/h4-6,9-10,18-19H,3,7-8,11-16H2,1-2H3,(H2,23,24,25);1H. The van der Waals surface area contributed by atoms with Crippen LogP contribution in [-0.4, -0.2) is 52.9 Å². The average Bonchev–Trinajstić information content (AvgIpc) is 3.13. The van der Waals surface area contributed by atoms with Crippen molar-refractivity contribution in [3.63, 3.8) is 0 Å². The maximum Gasteiger partial charge on any atom is 0.191 e. The van der Waals surface area contributed by atoms with Gasteiger partial charge in [-0.1, -0.05) is 18.2 Å². The highest BCUT2D eigenvalue weighted by atomic mass is 127. The number of rotatable bonds is 5. The summed E-state index contributed by atoms with van der Waals surface area (Å²) in [5.74, 6) is 3.62. The largest absolute Gasteiger partial charge is 0.369 e. The molecule has 0 bridgehead atoms. The number of benzene rings is 1. The lowest BCUT2D eigenvalue weighted by Gasteiger charge is -2.35. The Labute approximate surface area is 196 Å². The molecule has 0 aliphatic carbocycles. The van der Waals surface area contributed by atoms with Crippen LogP contribution in [0.5, 0.6) is 0 Å². The number of para-hydroxylation sites is 1. The van der Waals surface area contributed by atoms with Gasteiger partial charge < -0.3 is 20.1 Å². The normalized spacial score (nSPS) is 21.5. The third kappa shape index (κ3) is 5.65. The van der Waals surface area contributed by atoms with Crippen molar-refractivity contribution in [3.8, 4) is 0 Å². The number of piperidine rings is 1. The SMILES string of the molecule is CCNC(=NCC1CCc2nnc(C)n2C1)NC1CCCN(c2ccccc2)C1.I. The Morgan fingerprint density at radius 3 is 2.80 bits per heavy atom. The molecule has 1 saturated heterocycles. The van der Waals surface area contributed by atoms with Crippen molar-refractivity contribution < 1.29 is 0 Å². The lowest BCUT2D eigenvalue weighted by atomic mass is 9.99. The van der Waals surface area contributed by atoms with E-state index in [1.807, 2.05) is 6.92 Å². The number of hydrogen-bond acceptors (Lipinski definition) is 4. The minimum atomic E-state index is 0. The zero-order chi connectivity index (χ0) is 20.1. The highest BCUT2D eigenvalue weighted by Crippen LogP contribution is 2.21. The maximum absolute atomic E-state index is 4.94. The van der Waals surface area contributed by atoms with Crippen LogP contribution in [-0.2, 0) is 13.0 Å². The lowest BCUT2D eigenvalue weighted by Crippen LogP contribution is -2.51. The molecule has 2 aliphatic heterocycles. The maximum atomic E-state index is 4.94. The third-order valence-electron chi connectivity index (χ3n) is 5.96. The van der Waals surface area contributed by atoms with Crippen LogP contribution in [0.15, 0.2) is 35.3 Å². The second-order valence-corrected chi connectivity index (χ2v) is 8.16. The molecule has 4 rings (SSSR count). The van der Waals surface area contributed by atoms with E-state index in [2.05, 4.69) is 67.6 Å². The van der Waals surface area contributed by atoms with Gasteiger partial charge in [0, 0.05) is 50.9 Å². The first-order chi connectivity index (χ1) is 14.2. The minimum Gasteiger partial charge on any atom is -0.369 e. The molecule has 2 N–H and O–H groups in total. The van der Waals surface area contributed by atoms with Crippen LogP contribution in [0.1, 0.15) is 37.8 Å². The van der Waals surface area contributed by atoms with Crippen molar-refractivity contribution in [2.24, 2.45) is 10.9 Å². The van der Waals surface area contributed by atoms with Crippen LogP contribution in [0, 0.1) is 12.8 Å². The second-order valence-electron chi connectivity index (χ2n) is 8.16. The highest BCUT2D eigenvalue weighted by molar-refractivity contribution is 14.0. The summed E-state index contributed by atoms with van der Waals surface area (Å²) >= 11 is 0. The van der Waals surface area contributed by atoms with Crippen LogP contribution >= 0.6 is 24.0 Å². The van der Waals surface area contributed by atoms with Crippen LogP contribution in [0.25, 0.3) is 0 Å². The number of fused-ring (bicyclic) bond motifs is 1. The molecule has 2 aliphatic rings. The molecular weight excluding hydrogens is 489 g/mol. The van der Waals surface area contributed by atoms with Gasteiger partial charge in [0.05, 0.1) is 0 Å². The molecule has 2 atom stereocenters. The molecule has 8 heteroatoms. The minimum absolute atomic E-state index is 0. The van der Waals surface area contributed by atoms with Gasteiger partial charge in [-0.2, -0.15) is 0 Å². The Kier molecular flexibility index (Phi) is 8.35. The van der Waals surface area contributed by atoms with Crippen LogP contribution in [0.4, 0.5) is 5.69 Å². The summed E-state index contributed by atoms with van der Waals surface area (Å²) in [6.07, 6.45) is 4.51. The molecule has 0 amide bonds. The first-order valence-corrected chi connectivity index (χ1v) is 11.0. The lowest BCUT2D eigenvalue weighted by molar-refractivity contribution is 0.369. The van der Waals surface area contributed by atoms with Crippen molar-refractivity contribution in [2.75, 3.05) is 31.1 Å². The first kappa shape index (κ1) is 22.8. The van der Waals surface area contributed by atoms with Crippen molar-refractivity contribution in [3.05, 3.63) is 42.0 Å². The zero-order valence-electron chi connectivity index (χ0n) is 18.0. The Hall–Kier alpha value is -1.84. The summed E-state index contributed by atoms with van der Waals surface area (Å²) in [6.45, 7) is 8.99. The van der Waals surface area contributed by atoms with E-state index in [1.165, 1.54) is 18.5 Å². The van der Waals surface area contributed by atoms with Crippen molar-refractivity contribution in [1.29, 1.82) is 0 Å². The summed E-state index contributed by atoms with van der Waals surface area (Å²) in [6, 6.07) is 11.1. The summed E-state index contributed by atoms with van der Waals surface area (Å²) in [5, 5.41) is 15.6. The fourth-order valence-corrected chi connectivity index (χ4v) is 4.38. The van der Waals surface area contributed by atoms with E-state index < -0.39 is 0 Å². The van der Waals surface area contributed by atoms with Gasteiger partial charge in [0.2, 0.25) is 0 Å². The molecule has 164 valence electrons. The number of guanidine groups is 1. The van der Waals surface area contributed by atoms with Crippen molar-refractivity contribution in [1.82, 2.24) is 25.4 Å². The Morgan fingerprint density at radius 2 is 2.00 bits per heavy atom. The Balaban J connectivity index is 0.00000256. The quantitative estimate of drug-likeness (QED) is 0.359. The van der Waals surface area contributed by atoms with Gasteiger partial charge in [0.25, 0.3) is 0 Å². The topological polar surface area (TPSA) is 70.4 Å². The molecule has 0 saturated carbocycles. The molecule has 2 unspecified atom stereocenters. The number of nitrogens with zero attached hydrogens (tertiary/aromatic N) is 5. The number of aliphatic imine (C=N–C) groups is 1. The molecule has 1 aromatic heterocycles. The van der Waals surface area contributed by atoms with Crippen molar-refractivity contribution >= 4 is 35.6 Å². The molecule has 1 aromatic carbocycles. The Morgan fingerprint density at radius 1 is 1.17 bits per heavy atom. The van der Waals surface area contributed by atoms with Gasteiger partial charge in [-0.25, -0.2) is 0 Å². The first-order valence-electron chi connectivity index (χ1n) is 11.0. The van der Waals surface area contributed by atoms with E-state index in [0.29, 0.717) is 12.0 Å². The smallest absolute Gasteiger partial charge is 0.191 e. The molecule has 3 heterocycles. The molecule has 30 heavy (non-hydrogen) atoms. The summed E-state index contributed by atoms with van der Waals surface area (Å²) < 4.78 is 2.25. The van der Waals surface area contributed by atoms with Gasteiger partial charge in [-0.05, 0) is 51.2 Å². The molecule has 7 nitrogen and oxygen atoms in total. The molecule has 1 fully saturated rings. The van der Waals surface area contributed by atoms with Crippen LogP contribution in [0.2, 0.25) is 0 Å².